The van der Waals surface area contributed by atoms with Crippen molar-refractivity contribution in [1.82, 2.24) is 5.32 Å². The Labute approximate surface area is 135 Å². The maximum Gasteiger partial charge on any atom is 0.227 e. The summed E-state index contributed by atoms with van der Waals surface area (Å²) >= 11 is 6.14. The summed E-state index contributed by atoms with van der Waals surface area (Å²) < 4.78 is 0. The zero-order valence-electron chi connectivity index (χ0n) is 12.8. The van der Waals surface area contributed by atoms with E-state index in [0.717, 1.165) is 24.1 Å². The first-order chi connectivity index (χ1) is 10.6. The van der Waals surface area contributed by atoms with Gasteiger partial charge in [-0.3, -0.25) is 9.59 Å². The number of halogens is 1. The summed E-state index contributed by atoms with van der Waals surface area (Å²) in [6.07, 6.45) is 4.77. The van der Waals surface area contributed by atoms with Crippen LogP contribution in [0.4, 0.5) is 5.69 Å². The van der Waals surface area contributed by atoms with Gasteiger partial charge >= 0.3 is 0 Å². The monoisotopic (exact) mass is 320 g/mol. The number of nitrogens with one attached hydrogen (secondary N) is 1. The molecule has 1 aliphatic carbocycles. The Morgan fingerprint density at radius 3 is 2.77 bits per heavy atom. The molecule has 1 atom stereocenters. The van der Waals surface area contributed by atoms with Crippen LogP contribution in [0.3, 0.4) is 0 Å². The second-order valence-corrected chi connectivity index (χ2v) is 6.69. The highest BCUT2D eigenvalue weighted by Crippen LogP contribution is 2.31. The van der Waals surface area contributed by atoms with Gasteiger partial charge in [0.25, 0.3) is 0 Å². The molecule has 2 fully saturated rings. The van der Waals surface area contributed by atoms with Crippen molar-refractivity contribution < 1.29 is 9.59 Å². The summed E-state index contributed by atoms with van der Waals surface area (Å²) in [5.74, 6) is -0.245. The summed E-state index contributed by atoms with van der Waals surface area (Å²) in [6.45, 7) is 2.34. The van der Waals surface area contributed by atoms with E-state index in [1.165, 1.54) is 12.8 Å². The summed E-state index contributed by atoms with van der Waals surface area (Å²) in [5.41, 5.74) is 1.70. The molecule has 2 aliphatic rings. The third-order valence-corrected chi connectivity index (χ3v) is 5.14. The Bertz CT molecular complexity index is 596. The van der Waals surface area contributed by atoms with E-state index in [2.05, 4.69) is 5.32 Å². The number of anilines is 1. The maximum atomic E-state index is 12.4. The molecule has 0 aromatic heterocycles. The number of carbonyl (C=O) groups is 2. The Morgan fingerprint density at radius 1 is 1.32 bits per heavy atom. The number of hydrogen-bond acceptors (Lipinski definition) is 2. The molecule has 5 heteroatoms. The molecule has 0 radical (unpaired) electrons. The van der Waals surface area contributed by atoms with Crippen LogP contribution in [0, 0.1) is 12.8 Å². The van der Waals surface area contributed by atoms with Gasteiger partial charge in [-0.05, 0) is 37.5 Å². The molecule has 1 aliphatic heterocycles. The lowest BCUT2D eigenvalue weighted by Gasteiger charge is -2.20. The molecule has 22 heavy (non-hydrogen) atoms. The molecular weight excluding hydrogens is 300 g/mol. The summed E-state index contributed by atoms with van der Waals surface area (Å²) in [7, 11) is 0. The van der Waals surface area contributed by atoms with Gasteiger partial charge in [-0.2, -0.15) is 0 Å². The van der Waals surface area contributed by atoms with Crippen LogP contribution in [0.5, 0.6) is 0 Å². The minimum atomic E-state index is -0.258. The van der Waals surface area contributed by atoms with Crippen molar-refractivity contribution in [3.05, 3.63) is 28.8 Å². The Morgan fingerprint density at radius 2 is 2.05 bits per heavy atom. The van der Waals surface area contributed by atoms with Crippen LogP contribution in [0.2, 0.25) is 5.02 Å². The number of nitrogens with zero attached hydrogens (tertiary/aromatic N) is 1. The minimum absolute atomic E-state index is 0.00283. The summed E-state index contributed by atoms with van der Waals surface area (Å²) in [6, 6.07) is 5.83. The molecule has 118 valence electrons. The van der Waals surface area contributed by atoms with Crippen molar-refractivity contribution >= 4 is 29.1 Å². The molecule has 1 aromatic rings. The highest BCUT2D eigenvalue weighted by Gasteiger charge is 2.36. The Kier molecular flexibility index (Phi) is 4.39. The normalized spacial score (nSPS) is 22.4. The number of hydrogen-bond donors (Lipinski definition) is 1. The second-order valence-electron chi connectivity index (χ2n) is 6.28. The molecule has 1 heterocycles. The van der Waals surface area contributed by atoms with Crippen molar-refractivity contribution in [1.29, 1.82) is 0 Å². The first-order valence-electron chi connectivity index (χ1n) is 7.92. The van der Waals surface area contributed by atoms with Gasteiger partial charge in [0.15, 0.2) is 0 Å². The number of carbonyl (C=O) groups excluding carboxylic acids is 2. The molecule has 4 nitrogen and oxygen atoms in total. The molecular formula is C17H21ClN2O2. The van der Waals surface area contributed by atoms with Crippen LogP contribution in [0.15, 0.2) is 18.2 Å². The minimum Gasteiger partial charge on any atom is -0.353 e. The largest absolute Gasteiger partial charge is 0.353 e. The molecule has 2 amide bonds. The van der Waals surface area contributed by atoms with E-state index in [-0.39, 0.29) is 24.2 Å². The Hall–Kier alpha value is -1.55. The fourth-order valence-electron chi connectivity index (χ4n) is 3.39. The van der Waals surface area contributed by atoms with Crippen LogP contribution in [0.25, 0.3) is 0 Å². The SMILES string of the molecule is Cc1c(Cl)cccc1N1C[C@H](C(=O)NC2CCCC2)CC1=O. The van der Waals surface area contributed by atoms with Gasteiger partial charge in [-0.25, -0.2) is 0 Å². The zero-order valence-corrected chi connectivity index (χ0v) is 13.5. The zero-order chi connectivity index (χ0) is 15.7. The van der Waals surface area contributed by atoms with Crippen molar-refractivity contribution in [3.8, 4) is 0 Å². The predicted molar refractivity (Wildman–Crippen MR) is 87.0 cm³/mol. The second kappa shape index (κ2) is 6.29. The van der Waals surface area contributed by atoms with Crippen LogP contribution >= 0.6 is 11.6 Å². The molecule has 0 spiro atoms. The maximum absolute atomic E-state index is 12.4. The fourth-order valence-corrected chi connectivity index (χ4v) is 3.56. The van der Waals surface area contributed by atoms with Crippen molar-refractivity contribution in [2.75, 3.05) is 11.4 Å². The average molecular weight is 321 g/mol. The average Bonchev–Trinajstić information content (AvgIpc) is 3.12. The van der Waals surface area contributed by atoms with E-state index in [9.17, 15) is 9.59 Å². The van der Waals surface area contributed by atoms with Gasteiger partial charge in [0, 0.05) is 29.7 Å². The molecule has 1 saturated carbocycles. The predicted octanol–water partition coefficient (Wildman–Crippen LogP) is 3.06. The van der Waals surface area contributed by atoms with E-state index < -0.39 is 0 Å². The van der Waals surface area contributed by atoms with E-state index in [0.29, 0.717) is 17.6 Å². The number of amides is 2. The Balaban J connectivity index is 1.70. The fraction of sp³-hybridized carbons (Fsp3) is 0.529. The quantitative estimate of drug-likeness (QED) is 0.930. The number of benzene rings is 1. The van der Waals surface area contributed by atoms with Gasteiger partial charge < -0.3 is 10.2 Å². The molecule has 3 rings (SSSR count). The number of rotatable bonds is 3. The smallest absolute Gasteiger partial charge is 0.227 e. The summed E-state index contributed by atoms with van der Waals surface area (Å²) in [4.78, 5) is 26.3. The van der Waals surface area contributed by atoms with Crippen molar-refractivity contribution in [3.63, 3.8) is 0 Å². The van der Waals surface area contributed by atoms with Gasteiger partial charge in [-0.15, -0.1) is 0 Å². The van der Waals surface area contributed by atoms with Gasteiger partial charge in [0.1, 0.15) is 0 Å². The molecule has 0 bridgehead atoms. The lowest BCUT2D eigenvalue weighted by Crippen LogP contribution is -2.38. The van der Waals surface area contributed by atoms with E-state index in [4.69, 9.17) is 11.6 Å². The first kappa shape index (κ1) is 15.3. The standard InChI is InChI=1S/C17H21ClN2O2/c1-11-14(18)7-4-8-15(11)20-10-12(9-16(20)21)17(22)19-13-5-2-3-6-13/h4,7-8,12-13H,2-3,5-6,9-10H2,1H3,(H,19,22)/t12-/m1/s1. The van der Waals surface area contributed by atoms with Crippen LogP contribution in [-0.4, -0.2) is 24.4 Å². The highest BCUT2D eigenvalue weighted by atomic mass is 35.5. The van der Waals surface area contributed by atoms with Crippen LogP contribution < -0.4 is 10.2 Å². The topological polar surface area (TPSA) is 49.4 Å². The lowest BCUT2D eigenvalue weighted by atomic mass is 10.1. The van der Waals surface area contributed by atoms with E-state index >= 15 is 0 Å². The molecule has 1 saturated heterocycles. The van der Waals surface area contributed by atoms with Gasteiger partial charge in [0.2, 0.25) is 11.8 Å². The van der Waals surface area contributed by atoms with Gasteiger partial charge in [-0.1, -0.05) is 30.5 Å². The van der Waals surface area contributed by atoms with Gasteiger partial charge in [0.05, 0.1) is 5.92 Å². The molecule has 1 N–H and O–H groups in total. The first-order valence-corrected chi connectivity index (χ1v) is 8.30. The third kappa shape index (κ3) is 2.98. The third-order valence-electron chi connectivity index (χ3n) is 4.73. The lowest BCUT2D eigenvalue weighted by molar-refractivity contribution is -0.126. The molecule has 0 unspecified atom stereocenters. The van der Waals surface area contributed by atoms with Crippen LogP contribution in [0.1, 0.15) is 37.7 Å². The molecule has 1 aromatic carbocycles. The highest BCUT2D eigenvalue weighted by molar-refractivity contribution is 6.31. The van der Waals surface area contributed by atoms with E-state index in [1.807, 2.05) is 25.1 Å². The van der Waals surface area contributed by atoms with E-state index in [1.54, 1.807) is 4.90 Å². The van der Waals surface area contributed by atoms with Crippen LogP contribution in [-0.2, 0) is 9.59 Å². The van der Waals surface area contributed by atoms with Crippen molar-refractivity contribution in [2.24, 2.45) is 5.92 Å². The summed E-state index contributed by atoms with van der Waals surface area (Å²) in [5, 5.41) is 3.74. The van der Waals surface area contributed by atoms with Crippen molar-refractivity contribution in [2.45, 2.75) is 45.1 Å².